The molecule has 2 unspecified atom stereocenters. The number of hydrogen-bond acceptors (Lipinski definition) is 3. The Hall–Kier alpha value is -1.08. The molecule has 0 saturated heterocycles. The summed E-state index contributed by atoms with van der Waals surface area (Å²) in [6.07, 6.45) is -2.78. The first-order chi connectivity index (χ1) is 9.59. The minimum Gasteiger partial charge on any atom is -0.309 e. The third-order valence-corrected chi connectivity index (χ3v) is 4.98. The molecule has 2 atom stereocenters. The predicted octanol–water partition coefficient (Wildman–Crippen LogP) is 3.18. The SMILES string of the molecule is CCCNC(c1ccccc1C(F)(F)F)C(C)S(C)(=O)=O. The second kappa shape index (κ2) is 6.79. The average Bonchev–Trinajstić information content (AvgIpc) is 2.37. The maximum Gasteiger partial charge on any atom is 0.416 e. The number of hydrogen-bond donors (Lipinski definition) is 1. The van der Waals surface area contributed by atoms with E-state index in [2.05, 4.69) is 5.32 Å². The smallest absolute Gasteiger partial charge is 0.309 e. The van der Waals surface area contributed by atoms with E-state index in [1.165, 1.54) is 25.1 Å². The van der Waals surface area contributed by atoms with Gasteiger partial charge in [0.1, 0.15) is 0 Å². The van der Waals surface area contributed by atoms with Crippen molar-refractivity contribution in [1.82, 2.24) is 5.32 Å². The molecule has 0 fully saturated rings. The van der Waals surface area contributed by atoms with Gasteiger partial charge in [-0.25, -0.2) is 8.42 Å². The lowest BCUT2D eigenvalue weighted by molar-refractivity contribution is -0.138. The first kappa shape index (κ1) is 18.0. The fraction of sp³-hybridized carbons (Fsp3) is 0.571. The zero-order valence-corrected chi connectivity index (χ0v) is 13.1. The van der Waals surface area contributed by atoms with E-state index in [1.54, 1.807) is 0 Å². The number of rotatable bonds is 6. The van der Waals surface area contributed by atoms with Crippen LogP contribution in [0.2, 0.25) is 0 Å². The number of alkyl halides is 3. The molecule has 0 heterocycles. The lowest BCUT2D eigenvalue weighted by atomic mass is 9.97. The second-order valence-corrected chi connectivity index (χ2v) is 7.45. The molecule has 0 aliphatic carbocycles. The van der Waals surface area contributed by atoms with Gasteiger partial charge in [-0.15, -0.1) is 0 Å². The fourth-order valence-corrected chi connectivity index (χ4v) is 2.84. The van der Waals surface area contributed by atoms with E-state index >= 15 is 0 Å². The summed E-state index contributed by atoms with van der Waals surface area (Å²) in [5.74, 6) is 0. The van der Waals surface area contributed by atoms with Crippen LogP contribution in [0.5, 0.6) is 0 Å². The van der Waals surface area contributed by atoms with Gasteiger partial charge in [-0.05, 0) is 31.5 Å². The molecule has 120 valence electrons. The summed E-state index contributed by atoms with van der Waals surface area (Å²) in [5, 5.41) is 1.97. The normalized spacial score (nSPS) is 15.7. The van der Waals surface area contributed by atoms with Crippen LogP contribution in [0.4, 0.5) is 13.2 Å². The lowest BCUT2D eigenvalue weighted by Gasteiger charge is -2.27. The maximum atomic E-state index is 13.1. The number of nitrogens with one attached hydrogen (secondary N) is 1. The highest BCUT2D eigenvalue weighted by Crippen LogP contribution is 2.36. The topological polar surface area (TPSA) is 46.2 Å². The van der Waals surface area contributed by atoms with E-state index < -0.39 is 32.9 Å². The van der Waals surface area contributed by atoms with Gasteiger partial charge in [0.15, 0.2) is 9.84 Å². The quantitative estimate of drug-likeness (QED) is 0.874. The van der Waals surface area contributed by atoms with Crippen molar-refractivity contribution in [2.75, 3.05) is 12.8 Å². The van der Waals surface area contributed by atoms with E-state index in [9.17, 15) is 21.6 Å². The molecule has 0 radical (unpaired) electrons. The van der Waals surface area contributed by atoms with Crippen LogP contribution in [-0.4, -0.2) is 26.5 Å². The van der Waals surface area contributed by atoms with E-state index in [0.29, 0.717) is 13.0 Å². The van der Waals surface area contributed by atoms with Gasteiger partial charge in [0.2, 0.25) is 0 Å². The van der Waals surface area contributed by atoms with Crippen molar-refractivity contribution < 1.29 is 21.6 Å². The van der Waals surface area contributed by atoms with E-state index in [0.717, 1.165) is 12.3 Å². The van der Waals surface area contributed by atoms with Crippen LogP contribution in [0.25, 0.3) is 0 Å². The Balaban J connectivity index is 3.34. The standard InChI is InChI=1S/C14H20F3NO2S/c1-4-9-18-13(10(2)21(3,19)20)11-7-5-6-8-12(11)14(15,16)17/h5-8,10,13,18H,4,9H2,1-3H3. The van der Waals surface area contributed by atoms with Crippen molar-refractivity contribution in [1.29, 1.82) is 0 Å². The van der Waals surface area contributed by atoms with Crippen molar-refractivity contribution >= 4 is 9.84 Å². The van der Waals surface area contributed by atoms with Gasteiger partial charge in [-0.2, -0.15) is 13.2 Å². The summed E-state index contributed by atoms with van der Waals surface area (Å²) in [5.41, 5.74) is -0.828. The van der Waals surface area contributed by atoms with Crippen LogP contribution >= 0.6 is 0 Å². The molecule has 0 aromatic heterocycles. The highest BCUT2D eigenvalue weighted by molar-refractivity contribution is 7.91. The maximum absolute atomic E-state index is 13.1. The van der Waals surface area contributed by atoms with Gasteiger partial charge in [0, 0.05) is 12.3 Å². The number of benzene rings is 1. The first-order valence-corrected chi connectivity index (χ1v) is 8.62. The molecule has 0 spiro atoms. The van der Waals surface area contributed by atoms with Crippen LogP contribution in [0, 0.1) is 0 Å². The van der Waals surface area contributed by atoms with Gasteiger partial charge >= 0.3 is 6.18 Å². The van der Waals surface area contributed by atoms with Crippen LogP contribution in [-0.2, 0) is 16.0 Å². The zero-order valence-electron chi connectivity index (χ0n) is 12.2. The molecule has 1 N–H and O–H groups in total. The largest absolute Gasteiger partial charge is 0.416 e. The molecule has 1 rings (SSSR count). The van der Waals surface area contributed by atoms with Crippen molar-refractivity contribution in [3.8, 4) is 0 Å². The van der Waals surface area contributed by atoms with Crippen molar-refractivity contribution in [3.05, 3.63) is 35.4 Å². The van der Waals surface area contributed by atoms with Crippen molar-refractivity contribution in [3.63, 3.8) is 0 Å². The van der Waals surface area contributed by atoms with Gasteiger partial charge < -0.3 is 5.32 Å². The third-order valence-electron chi connectivity index (χ3n) is 3.36. The molecule has 3 nitrogen and oxygen atoms in total. The highest BCUT2D eigenvalue weighted by atomic mass is 32.2. The average molecular weight is 323 g/mol. The Labute approximate surface area is 123 Å². The Kier molecular flexibility index (Phi) is 5.81. The summed E-state index contributed by atoms with van der Waals surface area (Å²) in [7, 11) is -3.47. The number of halogens is 3. The summed E-state index contributed by atoms with van der Waals surface area (Å²) < 4.78 is 62.8. The van der Waals surface area contributed by atoms with Crippen molar-refractivity contribution in [2.24, 2.45) is 0 Å². The minimum atomic E-state index is -4.51. The molecule has 0 aliphatic heterocycles. The van der Waals surface area contributed by atoms with Gasteiger partial charge in [-0.3, -0.25) is 0 Å². The van der Waals surface area contributed by atoms with E-state index in [4.69, 9.17) is 0 Å². The van der Waals surface area contributed by atoms with Crippen LogP contribution in [0.3, 0.4) is 0 Å². The van der Waals surface area contributed by atoms with E-state index in [-0.39, 0.29) is 5.56 Å². The molecule has 0 bridgehead atoms. The molecule has 7 heteroatoms. The first-order valence-electron chi connectivity index (χ1n) is 6.67. The fourth-order valence-electron chi connectivity index (χ4n) is 2.10. The molecule has 1 aromatic rings. The van der Waals surface area contributed by atoms with E-state index in [1.807, 2.05) is 6.92 Å². The van der Waals surface area contributed by atoms with Crippen LogP contribution < -0.4 is 5.32 Å². The van der Waals surface area contributed by atoms with Crippen LogP contribution in [0.15, 0.2) is 24.3 Å². The predicted molar refractivity (Wildman–Crippen MR) is 76.8 cm³/mol. The Morgan fingerprint density at radius 1 is 1.24 bits per heavy atom. The molecule has 0 amide bonds. The monoisotopic (exact) mass is 323 g/mol. The molecule has 1 aromatic carbocycles. The zero-order chi connectivity index (χ0) is 16.3. The highest BCUT2D eigenvalue weighted by Gasteiger charge is 2.37. The molecule has 0 aliphatic rings. The Morgan fingerprint density at radius 2 is 1.81 bits per heavy atom. The molecule has 21 heavy (non-hydrogen) atoms. The van der Waals surface area contributed by atoms with Crippen molar-refractivity contribution in [2.45, 2.75) is 37.7 Å². The summed E-state index contributed by atoms with van der Waals surface area (Å²) in [6.45, 7) is 3.73. The number of sulfone groups is 1. The summed E-state index contributed by atoms with van der Waals surface area (Å²) >= 11 is 0. The Bertz CT molecular complexity index is 570. The molecular weight excluding hydrogens is 303 g/mol. The van der Waals surface area contributed by atoms with Crippen LogP contribution in [0.1, 0.15) is 37.4 Å². The minimum absolute atomic E-state index is 0.0311. The molecular formula is C14H20F3NO2S. The second-order valence-electron chi connectivity index (χ2n) is 5.05. The van der Waals surface area contributed by atoms with Gasteiger partial charge in [-0.1, -0.05) is 25.1 Å². The third kappa shape index (κ3) is 4.71. The molecule has 0 saturated carbocycles. The summed E-state index contributed by atoms with van der Waals surface area (Å²) in [6, 6.07) is 4.20. The van der Waals surface area contributed by atoms with Gasteiger partial charge in [0.25, 0.3) is 0 Å². The van der Waals surface area contributed by atoms with Gasteiger partial charge in [0.05, 0.1) is 10.8 Å². The lowest BCUT2D eigenvalue weighted by Crippen LogP contribution is -2.36. The summed E-state index contributed by atoms with van der Waals surface area (Å²) in [4.78, 5) is 0. The Morgan fingerprint density at radius 3 is 2.29 bits per heavy atom.